The maximum atomic E-state index is 12.6. The van der Waals surface area contributed by atoms with Crippen molar-refractivity contribution >= 4 is 5.78 Å². The predicted molar refractivity (Wildman–Crippen MR) is 121 cm³/mol. The number of aromatic nitrogens is 2. The van der Waals surface area contributed by atoms with Gasteiger partial charge in [0, 0.05) is 38.1 Å². The summed E-state index contributed by atoms with van der Waals surface area (Å²) in [5, 5.41) is 9.61. The lowest BCUT2D eigenvalue weighted by atomic mass is 10.1. The van der Waals surface area contributed by atoms with Crippen LogP contribution in [0.4, 0.5) is 0 Å². The van der Waals surface area contributed by atoms with Crippen molar-refractivity contribution < 1.29 is 14.6 Å². The molecule has 0 bridgehead atoms. The third-order valence-electron chi connectivity index (χ3n) is 5.60. The summed E-state index contributed by atoms with van der Waals surface area (Å²) in [4.78, 5) is 31.6. The molecule has 4 rings (SSSR count). The van der Waals surface area contributed by atoms with Gasteiger partial charge in [-0.1, -0.05) is 36.4 Å². The normalized spacial score (nSPS) is 14.9. The average molecular weight is 434 g/mol. The van der Waals surface area contributed by atoms with E-state index in [0.717, 1.165) is 43.6 Å². The van der Waals surface area contributed by atoms with Crippen molar-refractivity contribution in [3.63, 3.8) is 0 Å². The Hall–Kier alpha value is -3.29. The molecule has 1 N–H and O–H groups in total. The molecule has 1 aliphatic rings. The molecular weight excluding hydrogens is 406 g/mol. The highest BCUT2D eigenvalue weighted by molar-refractivity contribution is 5.94. The molecule has 1 saturated heterocycles. The van der Waals surface area contributed by atoms with Crippen LogP contribution in [0.15, 0.2) is 71.8 Å². The van der Waals surface area contributed by atoms with E-state index in [2.05, 4.69) is 9.88 Å². The van der Waals surface area contributed by atoms with Gasteiger partial charge in [0.1, 0.15) is 18.1 Å². The molecule has 32 heavy (non-hydrogen) atoms. The molecule has 2 aromatic heterocycles. The number of carbonyl (C=O) groups is 1. The van der Waals surface area contributed by atoms with Crippen LogP contribution in [0.2, 0.25) is 0 Å². The molecule has 0 spiro atoms. The number of nitrogens with zero attached hydrogens (tertiary/aromatic N) is 3. The first-order valence-corrected chi connectivity index (χ1v) is 10.8. The van der Waals surface area contributed by atoms with Gasteiger partial charge in [-0.15, -0.1) is 0 Å². The molecule has 1 aliphatic heterocycles. The molecule has 0 aliphatic carbocycles. The fraction of sp³-hybridized carbons (Fsp3) is 0.320. The van der Waals surface area contributed by atoms with Crippen molar-refractivity contribution in [2.24, 2.45) is 0 Å². The van der Waals surface area contributed by atoms with E-state index >= 15 is 0 Å². The van der Waals surface area contributed by atoms with Gasteiger partial charge in [-0.05, 0) is 36.1 Å². The van der Waals surface area contributed by atoms with E-state index in [4.69, 9.17) is 4.74 Å². The molecule has 3 aromatic rings. The maximum absolute atomic E-state index is 12.6. The number of pyridine rings is 2. The molecule has 0 radical (unpaired) electrons. The van der Waals surface area contributed by atoms with Crippen molar-refractivity contribution in [2.75, 3.05) is 13.1 Å². The third-order valence-corrected chi connectivity index (χ3v) is 5.60. The van der Waals surface area contributed by atoms with E-state index in [0.29, 0.717) is 18.1 Å². The summed E-state index contributed by atoms with van der Waals surface area (Å²) in [6.45, 7) is 2.76. The van der Waals surface area contributed by atoms with Crippen molar-refractivity contribution in [2.45, 2.75) is 38.6 Å². The predicted octanol–water partition coefficient (Wildman–Crippen LogP) is 2.66. The third kappa shape index (κ3) is 5.90. The minimum atomic E-state index is -0.298. The van der Waals surface area contributed by atoms with Gasteiger partial charge in [0.15, 0.2) is 0 Å². The molecule has 1 fully saturated rings. The number of aliphatic hydroxyl groups excluding tert-OH is 1. The molecule has 3 heterocycles. The monoisotopic (exact) mass is 433 g/mol. The Bertz CT molecular complexity index is 1090. The topological polar surface area (TPSA) is 84.7 Å². The van der Waals surface area contributed by atoms with Crippen LogP contribution in [0.1, 0.15) is 34.5 Å². The zero-order valence-corrected chi connectivity index (χ0v) is 17.9. The summed E-state index contributed by atoms with van der Waals surface area (Å²) in [5.74, 6) is 0.243. The first-order chi connectivity index (χ1) is 15.6. The number of Topliss-reactive ketones (excluding diaryl/α,β-unsaturated/α-hetero) is 1. The fourth-order valence-electron chi connectivity index (χ4n) is 3.71. The van der Waals surface area contributed by atoms with Crippen molar-refractivity contribution in [3.05, 3.63) is 94.2 Å². The van der Waals surface area contributed by atoms with Gasteiger partial charge >= 0.3 is 0 Å². The van der Waals surface area contributed by atoms with E-state index in [1.54, 1.807) is 24.5 Å². The van der Waals surface area contributed by atoms with E-state index < -0.39 is 0 Å². The SMILES string of the molecule is O=C(Cn1ccc(OCc2ccccc2)cc1=O)c1ccc(CN2CCC(O)CC2)cn1. The van der Waals surface area contributed by atoms with Crippen LogP contribution in [-0.4, -0.2) is 44.5 Å². The summed E-state index contributed by atoms with van der Waals surface area (Å²) in [6.07, 6.45) is 4.66. The van der Waals surface area contributed by atoms with Gasteiger partial charge in [-0.3, -0.25) is 19.5 Å². The average Bonchev–Trinajstić information content (AvgIpc) is 2.82. The fourth-order valence-corrected chi connectivity index (χ4v) is 3.71. The van der Waals surface area contributed by atoms with Crippen LogP contribution in [-0.2, 0) is 19.7 Å². The maximum Gasteiger partial charge on any atom is 0.254 e. The minimum Gasteiger partial charge on any atom is -0.489 e. The van der Waals surface area contributed by atoms with Crippen LogP contribution < -0.4 is 10.3 Å². The van der Waals surface area contributed by atoms with Crippen LogP contribution in [0.5, 0.6) is 5.75 Å². The van der Waals surface area contributed by atoms with Crippen LogP contribution in [0.3, 0.4) is 0 Å². The standard InChI is InChI=1S/C25H27N3O4/c29-21-8-11-27(12-9-21)16-20-6-7-23(26-15-20)24(30)17-28-13-10-22(14-25(28)31)32-18-19-4-2-1-3-5-19/h1-7,10,13-15,21,29H,8-9,11-12,16-18H2. The van der Waals surface area contributed by atoms with E-state index in [9.17, 15) is 14.7 Å². The molecular formula is C25H27N3O4. The van der Waals surface area contributed by atoms with Gasteiger partial charge in [-0.2, -0.15) is 0 Å². The lowest BCUT2D eigenvalue weighted by Crippen LogP contribution is -2.35. The van der Waals surface area contributed by atoms with Gasteiger partial charge in [0.2, 0.25) is 5.78 Å². The lowest BCUT2D eigenvalue weighted by molar-refractivity contribution is 0.0791. The Morgan fingerprint density at radius 3 is 2.53 bits per heavy atom. The van der Waals surface area contributed by atoms with Crippen LogP contribution in [0, 0.1) is 0 Å². The quantitative estimate of drug-likeness (QED) is 0.550. The Balaban J connectivity index is 1.32. The van der Waals surface area contributed by atoms with Crippen LogP contribution in [0.25, 0.3) is 0 Å². The highest BCUT2D eigenvalue weighted by Gasteiger charge is 2.17. The second kappa shape index (κ2) is 10.3. The Labute approximate surface area is 186 Å². The van der Waals surface area contributed by atoms with E-state index in [1.807, 2.05) is 36.4 Å². The zero-order chi connectivity index (χ0) is 22.3. The van der Waals surface area contributed by atoms with E-state index in [1.165, 1.54) is 10.6 Å². The molecule has 166 valence electrons. The number of hydrogen-bond donors (Lipinski definition) is 1. The molecule has 0 atom stereocenters. The van der Waals surface area contributed by atoms with Crippen molar-refractivity contribution in [1.29, 1.82) is 0 Å². The molecule has 7 heteroatoms. The first kappa shape index (κ1) is 21.9. The lowest BCUT2D eigenvalue weighted by Gasteiger charge is -2.29. The highest BCUT2D eigenvalue weighted by atomic mass is 16.5. The number of aliphatic hydroxyl groups is 1. The Morgan fingerprint density at radius 1 is 1.06 bits per heavy atom. The Morgan fingerprint density at radius 2 is 1.84 bits per heavy atom. The van der Waals surface area contributed by atoms with Crippen molar-refractivity contribution in [3.8, 4) is 5.75 Å². The van der Waals surface area contributed by atoms with Gasteiger partial charge in [-0.25, -0.2) is 0 Å². The number of hydrogen-bond acceptors (Lipinski definition) is 6. The summed E-state index contributed by atoms with van der Waals surface area (Å²) >= 11 is 0. The summed E-state index contributed by atoms with van der Waals surface area (Å²) in [7, 11) is 0. The summed E-state index contributed by atoms with van der Waals surface area (Å²) in [5.41, 5.74) is 2.07. The number of carbonyl (C=O) groups excluding carboxylic acids is 1. The second-order valence-corrected chi connectivity index (χ2v) is 8.09. The number of rotatable bonds is 8. The molecule has 0 unspecified atom stereocenters. The molecule has 0 amide bonds. The number of ketones is 1. The second-order valence-electron chi connectivity index (χ2n) is 8.09. The van der Waals surface area contributed by atoms with E-state index in [-0.39, 0.29) is 24.0 Å². The number of benzene rings is 1. The zero-order valence-electron chi connectivity index (χ0n) is 17.9. The molecule has 1 aromatic carbocycles. The molecule has 7 nitrogen and oxygen atoms in total. The van der Waals surface area contributed by atoms with Crippen molar-refractivity contribution in [1.82, 2.24) is 14.5 Å². The van der Waals surface area contributed by atoms with Gasteiger partial charge < -0.3 is 14.4 Å². The van der Waals surface area contributed by atoms with Gasteiger partial charge in [0.05, 0.1) is 12.6 Å². The number of piperidine rings is 1. The largest absolute Gasteiger partial charge is 0.489 e. The summed E-state index contributed by atoms with van der Waals surface area (Å²) in [6, 6.07) is 16.4. The number of likely N-dealkylation sites (tertiary alicyclic amines) is 1. The van der Waals surface area contributed by atoms with Crippen LogP contribution >= 0.6 is 0 Å². The first-order valence-electron chi connectivity index (χ1n) is 10.8. The Kier molecular flexibility index (Phi) is 7.09. The smallest absolute Gasteiger partial charge is 0.254 e. The summed E-state index contributed by atoms with van der Waals surface area (Å²) < 4.78 is 7.02. The highest BCUT2D eigenvalue weighted by Crippen LogP contribution is 2.14. The molecule has 0 saturated carbocycles. The van der Waals surface area contributed by atoms with Gasteiger partial charge in [0.25, 0.3) is 5.56 Å². The number of ether oxygens (including phenoxy) is 1. The minimum absolute atomic E-state index is 0.0752.